The molecule has 1 aromatic heterocycles. The molecule has 2 aromatic carbocycles. The zero-order valence-electron chi connectivity index (χ0n) is 13.9. The Kier molecular flexibility index (Phi) is 4.21. The summed E-state index contributed by atoms with van der Waals surface area (Å²) in [7, 11) is 0. The largest absolute Gasteiger partial charge is 0.451 e. The van der Waals surface area contributed by atoms with Crippen LogP contribution in [0.3, 0.4) is 0 Å². The van der Waals surface area contributed by atoms with E-state index >= 15 is 0 Å². The second kappa shape index (κ2) is 6.32. The molecule has 24 heavy (non-hydrogen) atoms. The molecule has 3 aromatic rings. The monoisotopic (exact) mass is 321 g/mol. The molecular formula is C20H19NO3. The van der Waals surface area contributed by atoms with Crippen LogP contribution in [0.25, 0.3) is 10.9 Å². The number of ether oxygens (including phenoxy) is 1. The molecule has 1 atom stereocenters. The smallest absolute Gasteiger partial charge is 0.341 e. The molecule has 0 fully saturated rings. The number of hydrogen-bond acceptors (Lipinski definition) is 3. The minimum Gasteiger partial charge on any atom is -0.451 e. The number of carbonyl (C=O) groups is 2. The number of fused-ring (bicyclic) bond motifs is 1. The molecule has 0 amide bonds. The van der Waals surface area contributed by atoms with Crippen molar-refractivity contribution >= 4 is 22.7 Å². The normalized spacial score (nSPS) is 12.1. The molecule has 0 radical (unpaired) electrons. The van der Waals surface area contributed by atoms with Gasteiger partial charge in [0, 0.05) is 22.7 Å². The van der Waals surface area contributed by atoms with Crippen molar-refractivity contribution in [2.24, 2.45) is 0 Å². The number of aromatic amines is 1. The Morgan fingerprint density at radius 2 is 1.79 bits per heavy atom. The third-order valence-corrected chi connectivity index (χ3v) is 4.25. The fourth-order valence-electron chi connectivity index (χ4n) is 2.65. The zero-order valence-corrected chi connectivity index (χ0v) is 13.9. The summed E-state index contributed by atoms with van der Waals surface area (Å²) in [6, 6.07) is 13.0. The van der Waals surface area contributed by atoms with E-state index in [0.717, 1.165) is 22.0 Å². The average molecular weight is 321 g/mol. The van der Waals surface area contributed by atoms with Gasteiger partial charge in [0.1, 0.15) is 0 Å². The van der Waals surface area contributed by atoms with Crippen molar-refractivity contribution in [3.8, 4) is 0 Å². The van der Waals surface area contributed by atoms with Crippen LogP contribution >= 0.6 is 0 Å². The lowest BCUT2D eigenvalue weighted by molar-refractivity contribution is 0.0321. The van der Waals surface area contributed by atoms with E-state index in [0.29, 0.717) is 11.1 Å². The molecule has 0 bridgehead atoms. The zero-order chi connectivity index (χ0) is 17.3. The lowest BCUT2D eigenvalue weighted by Gasteiger charge is -2.13. The first kappa shape index (κ1) is 16.0. The number of rotatable bonds is 4. The maximum atomic E-state index is 12.5. The second-order valence-electron chi connectivity index (χ2n) is 5.96. The van der Waals surface area contributed by atoms with Gasteiger partial charge >= 0.3 is 5.97 Å². The van der Waals surface area contributed by atoms with E-state index in [1.807, 2.05) is 50.2 Å². The van der Waals surface area contributed by atoms with Crippen LogP contribution in [-0.2, 0) is 4.74 Å². The van der Waals surface area contributed by atoms with E-state index < -0.39 is 12.1 Å². The lowest BCUT2D eigenvalue weighted by Crippen LogP contribution is -2.24. The fourth-order valence-corrected chi connectivity index (χ4v) is 2.65. The predicted molar refractivity (Wildman–Crippen MR) is 93.4 cm³/mol. The summed E-state index contributed by atoms with van der Waals surface area (Å²) in [6.45, 7) is 5.54. The Morgan fingerprint density at radius 1 is 1.04 bits per heavy atom. The van der Waals surface area contributed by atoms with Gasteiger partial charge in [-0.25, -0.2) is 4.79 Å². The van der Waals surface area contributed by atoms with Crippen LogP contribution in [0.1, 0.15) is 38.8 Å². The van der Waals surface area contributed by atoms with Gasteiger partial charge in [-0.15, -0.1) is 0 Å². The van der Waals surface area contributed by atoms with Crippen LogP contribution in [0, 0.1) is 13.8 Å². The summed E-state index contributed by atoms with van der Waals surface area (Å²) in [5.41, 5.74) is 4.01. The van der Waals surface area contributed by atoms with E-state index in [2.05, 4.69) is 4.98 Å². The molecule has 122 valence electrons. The molecule has 3 rings (SSSR count). The van der Waals surface area contributed by atoms with Gasteiger partial charge in [-0.3, -0.25) is 4.79 Å². The standard InChI is InChI=1S/C20H19NO3/c1-12-8-9-15(10-13(12)2)19(22)14(3)24-20(23)17-11-21-18-7-5-4-6-16(17)18/h4-11,14,21H,1-3H3/t14-/m1/s1. The molecule has 1 N–H and O–H groups in total. The molecule has 0 saturated carbocycles. The van der Waals surface area contributed by atoms with Gasteiger partial charge in [0.2, 0.25) is 5.78 Å². The van der Waals surface area contributed by atoms with Crippen molar-refractivity contribution in [3.63, 3.8) is 0 Å². The number of benzene rings is 2. The number of aryl methyl sites for hydroxylation is 2. The van der Waals surface area contributed by atoms with Gasteiger partial charge in [-0.1, -0.05) is 30.3 Å². The van der Waals surface area contributed by atoms with Crippen LogP contribution < -0.4 is 0 Å². The molecule has 1 heterocycles. The van der Waals surface area contributed by atoms with E-state index in [9.17, 15) is 9.59 Å². The van der Waals surface area contributed by atoms with E-state index in [1.165, 1.54) is 0 Å². The Hall–Kier alpha value is -2.88. The molecule has 0 aliphatic carbocycles. The van der Waals surface area contributed by atoms with E-state index in [4.69, 9.17) is 4.74 Å². The third kappa shape index (κ3) is 2.95. The number of aromatic nitrogens is 1. The van der Waals surface area contributed by atoms with Crippen LogP contribution in [0.5, 0.6) is 0 Å². The number of para-hydroxylation sites is 1. The summed E-state index contributed by atoms with van der Waals surface area (Å²) < 4.78 is 5.38. The van der Waals surface area contributed by atoms with Crippen molar-refractivity contribution in [2.45, 2.75) is 26.9 Å². The third-order valence-electron chi connectivity index (χ3n) is 4.25. The van der Waals surface area contributed by atoms with Gasteiger partial charge in [0.05, 0.1) is 5.56 Å². The SMILES string of the molecule is Cc1ccc(C(=O)[C@@H](C)OC(=O)c2c[nH]c3ccccc23)cc1C. The number of Topliss-reactive ketones (excluding diaryl/α,β-unsaturated/α-hetero) is 1. The first-order chi connectivity index (χ1) is 11.5. The van der Waals surface area contributed by atoms with Gasteiger partial charge in [-0.05, 0) is 44.0 Å². The topological polar surface area (TPSA) is 59.2 Å². The van der Waals surface area contributed by atoms with Crippen LogP contribution in [0.15, 0.2) is 48.7 Å². The Bertz CT molecular complexity index is 924. The maximum Gasteiger partial charge on any atom is 0.341 e. The van der Waals surface area contributed by atoms with Gasteiger partial charge < -0.3 is 9.72 Å². The highest BCUT2D eigenvalue weighted by Crippen LogP contribution is 2.20. The van der Waals surface area contributed by atoms with Crippen molar-refractivity contribution < 1.29 is 14.3 Å². The lowest BCUT2D eigenvalue weighted by atomic mass is 10.0. The van der Waals surface area contributed by atoms with Crippen molar-refractivity contribution in [3.05, 3.63) is 70.9 Å². The quantitative estimate of drug-likeness (QED) is 0.578. The summed E-state index contributed by atoms with van der Waals surface area (Å²) in [6.07, 6.45) is 0.772. The Morgan fingerprint density at radius 3 is 2.54 bits per heavy atom. The number of hydrogen-bond donors (Lipinski definition) is 1. The molecule has 4 heteroatoms. The first-order valence-electron chi connectivity index (χ1n) is 7.86. The molecular weight excluding hydrogens is 302 g/mol. The Balaban J connectivity index is 1.78. The minimum absolute atomic E-state index is 0.203. The van der Waals surface area contributed by atoms with E-state index in [1.54, 1.807) is 19.2 Å². The molecule has 0 spiro atoms. The number of esters is 1. The fraction of sp³-hybridized carbons (Fsp3) is 0.200. The van der Waals surface area contributed by atoms with Gasteiger partial charge in [-0.2, -0.15) is 0 Å². The molecule has 4 nitrogen and oxygen atoms in total. The second-order valence-corrected chi connectivity index (χ2v) is 5.96. The van der Waals surface area contributed by atoms with Crippen LogP contribution in [-0.4, -0.2) is 22.8 Å². The van der Waals surface area contributed by atoms with E-state index in [-0.39, 0.29) is 5.78 Å². The van der Waals surface area contributed by atoms with Crippen molar-refractivity contribution in [2.75, 3.05) is 0 Å². The number of carbonyl (C=O) groups excluding carboxylic acids is 2. The maximum absolute atomic E-state index is 12.5. The van der Waals surface area contributed by atoms with Crippen molar-refractivity contribution in [1.29, 1.82) is 0 Å². The van der Waals surface area contributed by atoms with Crippen molar-refractivity contribution in [1.82, 2.24) is 4.98 Å². The van der Waals surface area contributed by atoms with Gasteiger partial charge in [0.25, 0.3) is 0 Å². The van der Waals surface area contributed by atoms with Crippen LogP contribution in [0.4, 0.5) is 0 Å². The summed E-state index contributed by atoms with van der Waals surface area (Å²) in [5, 5.41) is 0.785. The highest BCUT2D eigenvalue weighted by molar-refractivity contribution is 6.06. The average Bonchev–Trinajstić information content (AvgIpc) is 3.00. The summed E-state index contributed by atoms with van der Waals surface area (Å²) in [5.74, 6) is -0.705. The number of H-pyrrole nitrogens is 1. The van der Waals surface area contributed by atoms with Gasteiger partial charge in [0.15, 0.2) is 6.10 Å². The molecule has 0 saturated heterocycles. The molecule has 0 aliphatic heterocycles. The summed E-state index contributed by atoms with van der Waals surface area (Å²) >= 11 is 0. The highest BCUT2D eigenvalue weighted by atomic mass is 16.5. The first-order valence-corrected chi connectivity index (χ1v) is 7.86. The predicted octanol–water partition coefficient (Wildman–Crippen LogP) is 4.21. The van der Waals surface area contributed by atoms with Crippen LogP contribution in [0.2, 0.25) is 0 Å². The summed E-state index contributed by atoms with van der Waals surface area (Å²) in [4.78, 5) is 27.9. The molecule has 0 unspecified atom stereocenters. The number of nitrogens with one attached hydrogen (secondary N) is 1. The molecule has 0 aliphatic rings. The minimum atomic E-state index is -0.840. The Labute approximate surface area is 140 Å². The number of ketones is 1. The highest BCUT2D eigenvalue weighted by Gasteiger charge is 2.22.